The highest BCUT2D eigenvalue weighted by molar-refractivity contribution is 5.85. The molecule has 0 atom stereocenters. The van der Waals surface area contributed by atoms with Crippen LogP contribution in [0, 0.1) is 0 Å². The quantitative estimate of drug-likeness (QED) is 0.145. The maximum absolute atomic E-state index is 5.24. The molecule has 7 aromatic carbocycles. The Morgan fingerprint density at radius 1 is 0.217 bits per heavy atom. The van der Waals surface area contributed by atoms with Crippen LogP contribution in [-0.2, 0) is 0 Å². The Balaban J connectivity index is 1.13. The molecular weight excluding hydrogens is 733 g/mol. The molecule has 6 heteroatoms. The molecular formula is C54H36N6. The minimum Gasteiger partial charge on any atom is -0.244 e. The molecule has 10 aromatic rings. The molecule has 0 radical (unpaired) electrons. The average Bonchev–Trinajstić information content (AvgIpc) is 3.35. The highest BCUT2D eigenvalue weighted by Gasteiger charge is 2.15. The molecule has 282 valence electrons. The van der Waals surface area contributed by atoms with Gasteiger partial charge in [-0.05, 0) is 104 Å². The predicted molar refractivity (Wildman–Crippen MR) is 242 cm³/mol. The normalized spacial score (nSPS) is 11.0. The summed E-state index contributed by atoms with van der Waals surface area (Å²) in [4.78, 5) is 27.5. The monoisotopic (exact) mass is 768 g/mol. The van der Waals surface area contributed by atoms with Crippen LogP contribution in [0.2, 0.25) is 0 Å². The minimum absolute atomic E-state index is 0.654. The van der Waals surface area contributed by atoms with Gasteiger partial charge in [-0.15, -0.1) is 0 Å². The first-order chi connectivity index (χ1) is 29.7. The third kappa shape index (κ3) is 7.73. The molecule has 0 aliphatic rings. The summed E-state index contributed by atoms with van der Waals surface area (Å²) in [5.41, 5.74) is 17.5. The molecule has 6 nitrogen and oxygen atoms in total. The zero-order chi connectivity index (χ0) is 40.1. The van der Waals surface area contributed by atoms with E-state index in [0.29, 0.717) is 5.82 Å². The van der Waals surface area contributed by atoms with Gasteiger partial charge in [0.25, 0.3) is 0 Å². The SMILES string of the molecule is c1ccc(-c2cc(-c3ccccc3)nc(-c3cc(-c4cccc(-c5cccc(-c6cncnc6)c5)c4)cc(-c4cccc(-c5cccc(-c6cncnc6)c5)c4)c3)n2)cc1. The van der Waals surface area contributed by atoms with Gasteiger partial charge in [-0.3, -0.25) is 0 Å². The lowest BCUT2D eigenvalue weighted by atomic mass is 9.92. The van der Waals surface area contributed by atoms with E-state index in [-0.39, 0.29) is 0 Å². The summed E-state index contributed by atoms with van der Waals surface area (Å²) in [7, 11) is 0. The third-order valence-corrected chi connectivity index (χ3v) is 10.6. The van der Waals surface area contributed by atoms with Gasteiger partial charge >= 0.3 is 0 Å². The second kappa shape index (κ2) is 16.3. The molecule has 0 fully saturated rings. The standard InChI is InChI=1S/C54H36N6/c1-3-11-37(12-4-1)52-30-53(38-13-5-2-6-14-38)60-54(59-52)49-28-47(43-19-7-15-39(23-43)41-17-9-21-45(25-41)50-31-55-35-56-32-50)27-48(29-49)44-20-8-16-40(24-44)42-18-10-22-46(26-42)51-33-57-36-58-34-51/h1-36H. The lowest BCUT2D eigenvalue weighted by Crippen LogP contribution is -1.97. The van der Waals surface area contributed by atoms with Crippen molar-refractivity contribution in [2.45, 2.75) is 0 Å². The number of hydrogen-bond acceptors (Lipinski definition) is 6. The Labute approximate surface area is 348 Å². The summed E-state index contributed by atoms with van der Waals surface area (Å²) in [6.07, 6.45) is 10.5. The van der Waals surface area contributed by atoms with Crippen LogP contribution in [-0.4, -0.2) is 29.9 Å². The van der Waals surface area contributed by atoms with Gasteiger partial charge in [0, 0.05) is 52.6 Å². The Morgan fingerprint density at radius 3 is 0.867 bits per heavy atom. The Morgan fingerprint density at radius 2 is 0.500 bits per heavy atom. The van der Waals surface area contributed by atoms with E-state index in [1.54, 1.807) is 12.7 Å². The molecule has 0 spiro atoms. The first kappa shape index (κ1) is 36.1. The van der Waals surface area contributed by atoms with Crippen molar-refractivity contribution in [3.8, 4) is 101 Å². The lowest BCUT2D eigenvalue weighted by molar-refractivity contribution is 1.17. The first-order valence-electron chi connectivity index (χ1n) is 19.8. The van der Waals surface area contributed by atoms with Gasteiger partial charge in [-0.2, -0.15) is 0 Å². The van der Waals surface area contributed by atoms with E-state index < -0.39 is 0 Å². The molecule has 0 saturated carbocycles. The molecule has 60 heavy (non-hydrogen) atoms. The molecule has 0 bridgehead atoms. The summed E-state index contributed by atoms with van der Waals surface area (Å²) in [6, 6.07) is 63.9. The number of aromatic nitrogens is 6. The van der Waals surface area contributed by atoms with Gasteiger partial charge in [-0.1, -0.05) is 133 Å². The van der Waals surface area contributed by atoms with Crippen LogP contribution in [0.4, 0.5) is 0 Å². The van der Waals surface area contributed by atoms with Gasteiger partial charge in [0.05, 0.1) is 11.4 Å². The van der Waals surface area contributed by atoms with Crippen LogP contribution in [0.15, 0.2) is 219 Å². The second-order valence-corrected chi connectivity index (χ2v) is 14.6. The third-order valence-electron chi connectivity index (χ3n) is 10.6. The van der Waals surface area contributed by atoms with Gasteiger partial charge in [-0.25, -0.2) is 29.9 Å². The summed E-state index contributed by atoms with van der Waals surface area (Å²) < 4.78 is 0. The molecule has 0 saturated heterocycles. The van der Waals surface area contributed by atoms with Gasteiger partial charge in [0.2, 0.25) is 0 Å². The fourth-order valence-corrected chi connectivity index (χ4v) is 7.59. The Kier molecular flexibility index (Phi) is 9.84. The highest BCUT2D eigenvalue weighted by atomic mass is 14.9. The van der Waals surface area contributed by atoms with Crippen LogP contribution in [0.25, 0.3) is 101 Å². The van der Waals surface area contributed by atoms with E-state index in [1.807, 2.05) is 61.2 Å². The van der Waals surface area contributed by atoms with Crippen molar-refractivity contribution in [3.63, 3.8) is 0 Å². The number of nitrogens with zero attached hydrogens (tertiary/aromatic N) is 6. The molecule has 0 unspecified atom stereocenters. The molecule has 10 rings (SSSR count). The van der Waals surface area contributed by atoms with Crippen molar-refractivity contribution >= 4 is 0 Å². The van der Waals surface area contributed by atoms with E-state index in [2.05, 4.69) is 166 Å². The smallest absolute Gasteiger partial charge is 0.160 e. The van der Waals surface area contributed by atoms with Crippen molar-refractivity contribution in [2.24, 2.45) is 0 Å². The van der Waals surface area contributed by atoms with Crippen molar-refractivity contribution < 1.29 is 0 Å². The van der Waals surface area contributed by atoms with Crippen LogP contribution in [0.5, 0.6) is 0 Å². The maximum Gasteiger partial charge on any atom is 0.160 e. The molecule has 0 aliphatic carbocycles. The molecule has 3 heterocycles. The Bertz CT molecular complexity index is 2880. The fourth-order valence-electron chi connectivity index (χ4n) is 7.59. The molecule has 0 aliphatic heterocycles. The maximum atomic E-state index is 5.24. The summed E-state index contributed by atoms with van der Waals surface area (Å²) in [5.74, 6) is 0.654. The summed E-state index contributed by atoms with van der Waals surface area (Å²) in [6.45, 7) is 0. The van der Waals surface area contributed by atoms with Crippen LogP contribution in [0.1, 0.15) is 0 Å². The van der Waals surface area contributed by atoms with Gasteiger partial charge in [0.1, 0.15) is 12.7 Å². The largest absolute Gasteiger partial charge is 0.244 e. The molecule has 3 aromatic heterocycles. The predicted octanol–water partition coefficient (Wildman–Crippen LogP) is 13.1. The van der Waals surface area contributed by atoms with E-state index in [1.165, 1.54) is 0 Å². The topological polar surface area (TPSA) is 77.3 Å². The van der Waals surface area contributed by atoms with Crippen molar-refractivity contribution in [1.82, 2.24) is 29.9 Å². The van der Waals surface area contributed by atoms with Crippen LogP contribution < -0.4 is 0 Å². The zero-order valence-corrected chi connectivity index (χ0v) is 32.5. The molecule has 0 N–H and O–H groups in total. The van der Waals surface area contributed by atoms with E-state index in [9.17, 15) is 0 Å². The minimum atomic E-state index is 0.654. The van der Waals surface area contributed by atoms with Crippen molar-refractivity contribution in [3.05, 3.63) is 219 Å². The summed E-state index contributed by atoms with van der Waals surface area (Å²) >= 11 is 0. The Hall–Kier alpha value is -8.22. The van der Waals surface area contributed by atoms with E-state index >= 15 is 0 Å². The van der Waals surface area contributed by atoms with Crippen LogP contribution >= 0.6 is 0 Å². The van der Waals surface area contributed by atoms with E-state index in [4.69, 9.17) is 9.97 Å². The van der Waals surface area contributed by atoms with Crippen molar-refractivity contribution in [1.29, 1.82) is 0 Å². The lowest BCUT2D eigenvalue weighted by Gasteiger charge is -2.14. The zero-order valence-electron chi connectivity index (χ0n) is 32.5. The van der Waals surface area contributed by atoms with Crippen LogP contribution in [0.3, 0.4) is 0 Å². The van der Waals surface area contributed by atoms with Crippen molar-refractivity contribution in [2.75, 3.05) is 0 Å². The average molecular weight is 769 g/mol. The number of rotatable bonds is 9. The van der Waals surface area contributed by atoms with E-state index in [0.717, 1.165) is 94.8 Å². The highest BCUT2D eigenvalue weighted by Crippen LogP contribution is 2.37. The molecule has 0 amide bonds. The number of hydrogen-bond donors (Lipinski definition) is 0. The van der Waals surface area contributed by atoms with Gasteiger partial charge < -0.3 is 0 Å². The summed E-state index contributed by atoms with van der Waals surface area (Å²) in [5, 5.41) is 0. The first-order valence-corrected chi connectivity index (χ1v) is 19.8. The number of benzene rings is 7. The van der Waals surface area contributed by atoms with Gasteiger partial charge in [0.15, 0.2) is 5.82 Å². The fraction of sp³-hybridized carbons (Fsp3) is 0. The second-order valence-electron chi connectivity index (χ2n) is 14.6.